The summed E-state index contributed by atoms with van der Waals surface area (Å²) in [5, 5.41) is 6.05. The van der Waals surface area contributed by atoms with Gasteiger partial charge in [-0.05, 0) is 13.5 Å². The fraction of sp³-hybridized carbons (Fsp3) is 0.917. The predicted molar refractivity (Wildman–Crippen MR) is 84.1 cm³/mol. The van der Waals surface area contributed by atoms with Gasteiger partial charge in [-0.3, -0.25) is 4.79 Å². The smallest absolute Gasteiger partial charge is 0.239 e. The number of morpholine rings is 1. The zero-order chi connectivity index (χ0) is 13.2. The first kappa shape index (κ1) is 22.2. The fourth-order valence-electron chi connectivity index (χ4n) is 1.82. The van der Waals surface area contributed by atoms with Crippen molar-refractivity contribution < 1.29 is 14.3 Å². The van der Waals surface area contributed by atoms with Crippen LogP contribution in [-0.4, -0.2) is 77.0 Å². The fourth-order valence-corrected chi connectivity index (χ4v) is 1.82. The standard InChI is InChI=1S/C12H25N3O3.2ClH/c1-15(6-3-8-17-2)7-4-14-12(16)11-10-18-9-5-13-11;;/h11,13H,3-10H2,1-2H3,(H,14,16);2*1H. The van der Waals surface area contributed by atoms with Gasteiger partial charge in [0.15, 0.2) is 0 Å². The largest absolute Gasteiger partial charge is 0.385 e. The number of ether oxygens (including phenoxy) is 2. The Morgan fingerprint density at radius 3 is 2.80 bits per heavy atom. The van der Waals surface area contributed by atoms with Gasteiger partial charge in [0, 0.05) is 39.9 Å². The molecule has 1 aliphatic rings. The number of carbonyl (C=O) groups excluding carboxylic acids is 1. The van der Waals surface area contributed by atoms with Crippen LogP contribution in [0.5, 0.6) is 0 Å². The zero-order valence-corrected chi connectivity index (χ0v) is 13.9. The van der Waals surface area contributed by atoms with Gasteiger partial charge in [-0.25, -0.2) is 0 Å². The van der Waals surface area contributed by atoms with Crippen molar-refractivity contribution >= 4 is 30.7 Å². The van der Waals surface area contributed by atoms with Crippen LogP contribution in [0.3, 0.4) is 0 Å². The van der Waals surface area contributed by atoms with Crippen molar-refractivity contribution in [3.63, 3.8) is 0 Å². The quantitative estimate of drug-likeness (QED) is 0.608. The Kier molecular flexibility index (Phi) is 15.4. The number of nitrogens with one attached hydrogen (secondary N) is 2. The van der Waals surface area contributed by atoms with Crippen LogP contribution in [0.25, 0.3) is 0 Å². The molecule has 1 aliphatic heterocycles. The van der Waals surface area contributed by atoms with Crippen LogP contribution in [0.2, 0.25) is 0 Å². The molecule has 1 saturated heterocycles. The van der Waals surface area contributed by atoms with E-state index in [2.05, 4.69) is 15.5 Å². The Hall–Kier alpha value is -0.110. The molecule has 0 radical (unpaired) electrons. The number of methoxy groups -OCH3 is 1. The van der Waals surface area contributed by atoms with E-state index in [-0.39, 0.29) is 36.8 Å². The number of hydrogen-bond donors (Lipinski definition) is 2. The second-order valence-electron chi connectivity index (χ2n) is 4.52. The van der Waals surface area contributed by atoms with Gasteiger partial charge in [0.2, 0.25) is 5.91 Å². The van der Waals surface area contributed by atoms with Crippen molar-refractivity contribution in [3.05, 3.63) is 0 Å². The Morgan fingerprint density at radius 2 is 2.20 bits per heavy atom. The molecule has 0 aromatic heterocycles. The number of halogens is 2. The highest BCUT2D eigenvalue weighted by Gasteiger charge is 2.20. The van der Waals surface area contributed by atoms with Crippen molar-refractivity contribution in [1.82, 2.24) is 15.5 Å². The molecule has 0 bridgehead atoms. The third kappa shape index (κ3) is 9.74. The highest BCUT2D eigenvalue weighted by atomic mass is 35.5. The van der Waals surface area contributed by atoms with E-state index in [0.717, 1.165) is 32.7 Å². The third-order valence-electron chi connectivity index (χ3n) is 2.92. The van der Waals surface area contributed by atoms with E-state index in [1.807, 2.05) is 7.05 Å². The molecule has 8 heteroatoms. The molecular formula is C12H27Cl2N3O3. The Bertz CT molecular complexity index is 242. The second-order valence-corrected chi connectivity index (χ2v) is 4.52. The maximum atomic E-state index is 11.7. The topological polar surface area (TPSA) is 62.8 Å². The van der Waals surface area contributed by atoms with Gasteiger partial charge in [0.1, 0.15) is 6.04 Å². The second kappa shape index (κ2) is 13.9. The molecular weight excluding hydrogens is 305 g/mol. The number of carbonyl (C=O) groups is 1. The van der Waals surface area contributed by atoms with Crippen LogP contribution in [0.4, 0.5) is 0 Å². The van der Waals surface area contributed by atoms with Crippen molar-refractivity contribution in [1.29, 1.82) is 0 Å². The minimum Gasteiger partial charge on any atom is -0.385 e. The van der Waals surface area contributed by atoms with Crippen molar-refractivity contribution in [2.75, 3.05) is 60.2 Å². The minimum absolute atomic E-state index is 0. The van der Waals surface area contributed by atoms with Gasteiger partial charge in [-0.15, -0.1) is 24.8 Å². The van der Waals surface area contributed by atoms with Crippen molar-refractivity contribution in [2.45, 2.75) is 12.5 Å². The van der Waals surface area contributed by atoms with Crippen molar-refractivity contribution in [3.8, 4) is 0 Å². The normalized spacial score (nSPS) is 18.1. The number of nitrogens with zero attached hydrogens (tertiary/aromatic N) is 1. The highest BCUT2D eigenvalue weighted by molar-refractivity contribution is 5.85. The summed E-state index contributed by atoms with van der Waals surface area (Å²) in [4.78, 5) is 13.9. The first-order valence-corrected chi connectivity index (χ1v) is 6.50. The molecule has 0 aliphatic carbocycles. The lowest BCUT2D eigenvalue weighted by atomic mass is 10.2. The average Bonchev–Trinajstić information content (AvgIpc) is 2.40. The average molecular weight is 332 g/mol. The Balaban J connectivity index is 0. The van der Waals surface area contributed by atoms with Crippen LogP contribution in [0, 0.1) is 0 Å². The van der Waals surface area contributed by atoms with Gasteiger partial charge in [0.05, 0.1) is 13.2 Å². The minimum atomic E-state index is -0.197. The maximum Gasteiger partial charge on any atom is 0.239 e. The summed E-state index contributed by atoms with van der Waals surface area (Å²) in [7, 11) is 3.75. The zero-order valence-electron chi connectivity index (χ0n) is 12.2. The number of amides is 1. The molecule has 122 valence electrons. The van der Waals surface area contributed by atoms with Gasteiger partial charge in [-0.2, -0.15) is 0 Å². The van der Waals surface area contributed by atoms with Crippen LogP contribution in [0.15, 0.2) is 0 Å². The molecule has 0 spiro atoms. The summed E-state index contributed by atoms with van der Waals surface area (Å²) in [5.41, 5.74) is 0. The van der Waals surface area contributed by atoms with E-state index in [4.69, 9.17) is 9.47 Å². The van der Waals surface area contributed by atoms with Gasteiger partial charge >= 0.3 is 0 Å². The summed E-state index contributed by atoms with van der Waals surface area (Å²) < 4.78 is 10.2. The highest BCUT2D eigenvalue weighted by Crippen LogP contribution is 1.93. The molecule has 1 unspecified atom stereocenters. The van der Waals surface area contributed by atoms with Gasteiger partial charge in [0.25, 0.3) is 0 Å². The molecule has 1 amide bonds. The lowest BCUT2D eigenvalue weighted by Crippen LogP contribution is -2.52. The van der Waals surface area contributed by atoms with Gasteiger partial charge < -0.3 is 25.0 Å². The van der Waals surface area contributed by atoms with E-state index in [1.54, 1.807) is 7.11 Å². The van der Waals surface area contributed by atoms with Crippen LogP contribution >= 0.6 is 24.8 Å². The Labute approximate surface area is 133 Å². The molecule has 6 nitrogen and oxygen atoms in total. The molecule has 0 aromatic carbocycles. The Morgan fingerprint density at radius 1 is 1.45 bits per heavy atom. The molecule has 2 N–H and O–H groups in total. The van der Waals surface area contributed by atoms with Gasteiger partial charge in [-0.1, -0.05) is 0 Å². The summed E-state index contributed by atoms with van der Waals surface area (Å²) in [6, 6.07) is -0.197. The third-order valence-corrected chi connectivity index (χ3v) is 2.92. The monoisotopic (exact) mass is 331 g/mol. The van der Waals surface area contributed by atoms with E-state index >= 15 is 0 Å². The summed E-state index contributed by atoms with van der Waals surface area (Å²) in [5.74, 6) is 0.0278. The van der Waals surface area contributed by atoms with E-state index in [1.165, 1.54) is 0 Å². The first-order valence-electron chi connectivity index (χ1n) is 6.50. The molecule has 0 aromatic rings. The van der Waals surface area contributed by atoms with E-state index in [0.29, 0.717) is 19.8 Å². The van der Waals surface area contributed by atoms with Crippen LogP contribution < -0.4 is 10.6 Å². The number of rotatable bonds is 8. The van der Waals surface area contributed by atoms with Crippen LogP contribution in [-0.2, 0) is 14.3 Å². The summed E-state index contributed by atoms with van der Waals surface area (Å²) in [6.07, 6.45) is 1.01. The number of hydrogen-bond acceptors (Lipinski definition) is 5. The molecule has 1 rings (SSSR count). The molecule has 1 heterocycles. The maximum absolute atomic E-state index is 11.7. The first-order chi connectivity index (χ1) is 8.74. The lowest BCUT2D eigenvalue weighted by Gasteiger charge is -2.23. The molecule has 1 fully saturated rings. The van der Waals surface area contributed by atoms with Crippen molar-refractivity contribution in [2.24, 2.45) is 0 Å². The van der Waals surface area contributed by atoms with E-state index < -0.39 is 0 Å². The van der Waals surface area contributed by atoms with E-state index in [9.17, 15) is 4.79 Å². The molecule has 1 atom stereocenters. The molecule has 0 saturated carbocycles. The van der Waals surface area contributed by atoms with Crippen LogP contribution in [0.1, 0.15) is 6.42 Å². The summed E-state index contributed by atoms with van der Waals surface area (Å²) >= 11 is 0. The predicted octanol–water partition coefficient (Wildman–Crippen LogP) is -0.0971. The SMILES string of the molecule is COCCCN(C)CCNC(=O)C1COCCN1.Cl.Cl. The molecule has 20 heavy (non-hydrogen) atoms. The lowest BCUT2D eigenvalue weighted by molar-refractivity contribution is -0.125. The summed E-state index contributed by atoms with van der Waals surface area (Å²) in [6.45, 7) is 5.18. The number of likely N-dealkylation sites (N-methyl/N-ethyl adjacent to an activating group) is 1.